The maximum Gasteiger partial charge on any atom is 0.230 e. The van der Waals surface area contributed by atoms with Crippen LogP contribution in [0.25, 0.3) is 11.1 Å². The Morgan fingerprint density at radius 2 is 2.06 bits per heavy atom. The molecule has 0 amide bonds. The Morgan fingerprint density at radius 1 is 1.28 bits per heavy atom. The maximum absolute atomic E-state index is 5.89. The van der Waals surface area contributed by atoms with Crippen LogP contribution in [0.5, 0.6) is 0 Å². The summed E-state index contributed by atoms with van der Waals surface area (Å²) < 4.78 is 10.5. The summed E-state index contributed by atoms with van der Waals surface area (Å²) in [5.74, 6) is 0.607. The summed E-state index contributed by atoms with van der Waals surface area (Å²) in [5, 5.41) is 4.78. The van der Waals surface area contributed by atoms with Crippen molar-refractivity contribution in [3.63, 3.8) is 0 Å². The van der Waals surface area contributed by atoms with Crippen molar-refractivity contribution >= 4 is 17.5 Å². The Morgan fingerprint density at radius 3 is 2.72 bits per heavy atom. The lowest BCUT2D eigenvalue weighted by atomic mass is 9.96. The van der Waals surface area contributed by atoms with Gasteiger partial charge in [-0.1, -0.05) is 28.9 Å². The predicted octanol–water partition coefficient (Wildman–Crippen LogP) is 3.08. The number of halogens is 1. The molecular weight excluding hydrogens is 252 g/mol. The molecule has 0 spiro atoms. The minimum atomic E-state index is 0.261. The van der Waals surface area contributed by atoms with Gasteiger partial charge in [-0.15, -0.1) is 0 Å². The van der Waals surface area contributed by atoms with E-state index in [0.717, 1.165) is 29.8 Å². The fraction of sp³-hybridized carbons (Fsp3) is 0.308. The highest BCUT2D eigenvalue weighted by atomic mass is 35.5. The lowest BCUT2D eigenvalue weighted by Gasteiger charge is -2.07. The Hall–Kier alpha value is -1.52. The summed E-state index contributed by atoms with van der Waals surface area (Å²) in [7, 11) is 0. The average molecular weight is 265 g/mol. The van der Waals surface area contributed by atoms with Crippen LogP contribution >= 0.6 is 11.6 Å². The number of hydrogen-bond acceptors (Lipinski definition) is 4. The minimum Gasteiger partial charge on any atom is -0.381 e. The maximum atomic E-state index is 5.89. The normalized spacial score (nSPS) is 19.3. The Bertz CT molecular complexity index is 545. The molecule has 0 bridgehead atoms. The molecule has 2 aromatic rings. The van der Waals surface area contributed by atoms with Crippen LogP contribution in [-0.2, 0) is 4.74 Å². The molecule has 1 aliphatic rings. The smallest absolute Gasteiger partial charge is 0.230 e. The van der Waals surface area contributed by atoms with Gasteiger partial charge in [0.2, 0.25) is 5.88 Å². The van der Waals surface area contributed by atoms with Crippen LogP contribution in [0.15, 0.2) is 28.8 Å². The average Bonchev–Trinajstić information content (AvgIpc) is 2.99. The Labute approximate surface area is 110 Å². The van der Waals surface area contributed by atoms with Crippen molar-refractivity contribution in [2.24, 2.45) is 0 Å². The number of aromatic nitrogens is 1. The Balaban J connectivity index is 2.04. The van der Waals surface area contributed by atoms with Crippen molar-refractivity contribution in [2.75, 3.05) is 18.9 Å². The van der Waals surface area contributed by atoms with Crippen LogP contribution < -0.4 is 5.73 Å². The van der Waals surface area contributed by atoms with Crippen molar-refractivity contribution in [3.8, 4) is 11.1 Å². The summed E-state index contributed by atoms with van der Waals surface area (Å²) in [6, 6.07) is 7.51. The molecular formula is C13H13ClN2O2. The van der Waals surface area contributed by atoms with Crippen LogP contribution in [0.1, 0.15) is 18.0 Å². The van der Waals surface area contributed by atoms with Gasteiger partial charge in [-0.3, -0.25) is 0 Å². The van der Waals surface area contributed by atoms with Crippen LogP contribution in [0, 0.1) is 0 Å². The van der Waals surface area contributed by atoms with E-state index in [0.29, 0.717) is 17.5 Å². The van der Waals surface area contributed by atoms with Gasteiger partial charge in [0, 0.05) is 17.5 Å². The quantitative estimate of drug-likeness (QED) is 0.905. The van der Waals surface area contributed by atoms with Crippen molar-refractivity contribution in [3.05, 3.63) is 35.0 Å². The Kier molecular flexibility index (Phi) is 2.97. The van der Waals surface area contributed by atoms with Gasteiger partial charge in [-0.2, -0.15) is 0 Å². The van der Waals surface area contributed by atoms with Gasteiger partial charge in [0.1, 0.15) is 0 Å². The molecule has 1 unspecified atom stereocenters. The molecule has 0 aliphatic carbocycles. The summed E-state index contributed by atoms with van der Waals surface area (Å²) in [6.07, 6.45) is 0.951. The number of hydrogen-bond donors (Lipinski definition) is 1. The number of nitrogens with two attached hydrogens (primary N) is 1. The van der Waals surface area contributed by atoms with Gasteiger partial charge in [-0.05, 0) is 24.1 Å². The van der Waals surface area contributed by atoms with Gasteiger partial charge in [0.05, 0.1) is 17.9 Å². The first kappa shape index (κ1) is 11.6. The second-order valence-electron chi connectivity index (χ2n) is 4.37. The molecule has 1 aromatic carbocycles. The lowest BCUT2D eigenvalue weighted by Crippen LogP contribution is -2.00. The molecule has 2 heterocycles. The lowest BCUT2D eigenvalue weighted by molar-refractivity contribution is 0.193. The van der Waals surface area contributed by atoms with Crippen molar-refractivity contribution < 1.29 is 9.26 Å². The van der Waals surface area contributed by atoms with E-state index in [9.17, 15) is 0 Å². The fourth-order valence-electron chi connectivity index (χ4n) is 2.25. The van der Waals surface area contributed by atoms with Crippen molar-refractivity contribution in [1.82, 2.24) is 5.16 Å². The molecule has 4 nitrogen and oxygen atoms in total. The van der Waals surface area contributed by atoms with Gasteiger partial charge in [0.15, 0.2) is 0 Å². The number of nitrogen functional groups attached to an aromatic ring is 1. The second kappa shape index (κ2) is 4.63. The highest BCUT2D eigenvalue weighted by Crippen LogP contribution is 2.37. The standard InChI is InChI=1S/C13H13ClN2O2/c14-10-3-1-8(2-4-10)11-12(16-18-13(11)15)9-5-6-17-7-9/h1-4,9H,5-7,15H2. The third-order valence-electron chi connectivity index (χ3n) is 3.19. The zero-order valence-electron chi connectivity index (χ0n) is 9.73. The highest BCUT2D eigenvalue weighted by molar-refractivity contribution is 6.30. The van der Waals surface area contributed by atoms with E-state index in [2.05, 4.69) is 5.16 Å². The largest absolute Gasteiger partial charge is 0.381 e. The number of rotatable bonds is 2. The zero-order valence-corrected chi connectivity index (χ0v) is 10.5. The summed E-state index contributed by atoms with van der Waals surface area (Å²) in [6.45, 7) is 1.43. The minimum absolute atomic E-state index is 0.261. The molecule has 94 valence electrons. The first-order valence-electron chi connectivity index (χ1n) is 5.84. The zero-order chi connectivity index (χ0) is 12.5. The molecule has 3 rings (SSSR count). The predicted molar refractivity (Wildman–Crippen MR) is 69.5 cm³/mol. The van der Waals surface area contributed by atoms with E-state index in [1.54, 1.807) is 0 Å². The van der Waals surface area contributed by atoms with Crippen LogP contribution in [0.2, 0.25) is 5.02 Å². The third kappa shape index (κ3) is 1.98. The first-order chi connectivity index (χ1) is 8.75. The highest BCUT2D eigenvalue weighted by Gasteiger charge is 2.26. The molecule has 1 saturated heterocycles. The molecule has 2 N–H and O–H groups in total. The monoisotopic (exact) mass is 264 g/mol. The number of ether oxygens (including phenoxy) is 1. The van der Waals surface area contributed by atoms with E-state index >= 15 is 0 Å². The van der Waals surface area contributed by atoms with E-state index in [1.807, 2.05) is 24.3 Å². The summed E-state index contributed by atoms with van der Waals surface area (Å²) in [4.78, 5) is 0. The summed E-state index contributed by atoms with van der Waals surface area (Å²) >= 11 is 5.89. The van der Waals surface area contributed by atoms with Crippen LogP contribution in [-0.4, -0.2) is 18.4 Å². The molecule has 5 heteroatoms. The molecule has 0 radical (unpaired) electrons. The molecule has 0 saturated carbocycles. The molecule has 1 atom stereocenters. The van der Waals surface area contributed by atoms with Crippen molar-refractivity contribution in [2.45, 2.75) is 12.3 Å². The topological polar surface area (TPSA) is 61.3 Å². The second-order valence-corrected chi connectivity index (χ2v) is 4.81. The van der Waals surface area contributed by atoms with Gasteiger partial charge in [0.25, 0.3) is 0 Å². The van der Waals surface area contributed by atoms with E-state index < -0.39 is 0 Å². The number of anilines is 1. The molecule has 1 fully saturated rings. The van der Waals surface area contributed by atoms with Gasteiger partial charge < -0.3 is 15.0 Å². The van der Waals surface area contributed by atoms with Gasteiger partial charge >= 0.3 is 0 Å². The van der Waals surface area contributed by atoms with Crippen LogP contribution in [0.4, 0.5) is 5.88 Å². The van der Waals surface area contributed by atoms with Crippen LogP contribution in [0.3, 0.4) is 0 Å². The molecule has 1 aliphatic heterocycles. The number of nitrogens with zero attached hydrogens (tertiary/aromatic N) is 1. The van der Waals surface area contributed by atoms with E-state index in [4.69, 9.17) is 26.6 Å². The molecule has 1 aromatic heterocycles. The third-order valence-corrected chi connectivity index (χ3v) is 3.45. The van der Waals surface area contributed by atoms with E-state index in [1.165, 1.54) is 0 Å². The fourth-order valence-corrected chi connectivity index (χ4v) is 2.38. The first-order valence-corrected chi connectivity index (χ1v) is 6.22. The van der Waals surface area contributed by atoms with Gasteiger partial charge in [-0.25, -0.2) is 0 Å². The van der Waals surface area contributed by atoms with E-state index in [-0.39, 0.29) is 5.92 Å². The summed E-state index contributed by atoms with van der Waals surface area (Å²) in [5.41, 5.74) is 8.59. The molecule has 18 heavy (non-hydrogen) atoms. The van der Waals surface area contributed by atoms with Crippen molar-refractivity contribution in [1.29, 1.82) is 0 Å². The SMILES string of the molecule is Nc1onc(C2CCOC2)c1-c1ccc(Cl)cc1. The number of benzene rings is 1.